The summed E-state index contributed by atoms with van der Waals surface area (Å²) in [6, 6.07) is 9.21. The molecule has 0 unspecified atom stereocenters. The van der Waals surface area contributed by atoms with Gasteiger partial charge in [-0.05, 0) is 31.0 Å². The molecule has 0 spiro atoms. The van der Waals surface area contributed by atoms with Crippen molar-refractivity contribution in [3.63, 3.8) is 0 Å². The maximum absolute atomic E-state index is 13.4. The van der Waals surface area contributed by atoms with Gasteiger partial charge in [0.1, 0.15) is 11.6 Å². The van der Waals surface area contributed by atoms with E-state index in [9.17, 15) is 14.0 Å². The predicted molar refractivity (Wildman–Crippen MR) is 113 cm³/mol. The van der Waals surface area contributed by atoms with Crippen LogP contribution >= 0.6 is 0 Å². The van der Waals surface area contributed by atoms with Crippen LogP contribution in [-0.4, -0.2) is 52.9 Å². The largest absolute Gasteiger partial charge is 0.439 e. The molecule has 2 heterocycles. The van der Waals surface area contributed by atoms with Gasteiger partial charge in [0.2, 0.25) is 11.8 Å². The molecule has 0 bridgehead atoms. The average molecular weight is 426 g/mol. The number of aromatic nitrogens is 1. The molecular formula is C23H27FN4O3. The molecule has 31 heavy (non-hydrogen) atoms. The Morgan fingerprint density at radius 2 is 1.81 bits per heavy atom. The van der Waals surface area contributed by atoms with Gasteiger partial charge in [-0.1, -0.05) is 25.0 Å². The van der Waals surface area contributed by atoms with Crippen molar-refractivity contribution in [2.45, 2.75) is 32.2 Å². The molecule has 1 N–H and O–H groups in total. The maximum atomic E-state index is 13.4. The molecule has 1 saturated carbocycles. The Bertz CT molecular complexity index is 925. The number of ether oxygens (including phenoxy) is 1. The number of piperazine rings is 1. The van der Waals surface area contributed by atoms with Crippen LogP contribution in [0, 0.1) is 11.7 Å². The lowest BCUT2D eigenvalue weighted by molar-refractivity contribution is -0.136. The van der Waals surface area contributed by atoms with Gasteiger partial charge in [-0.3, -0.25) is 4.79 Å². The van der Waals surface area contributed by atoms with Crippen molar-refractivity contribution >= 4 is 11.9 Å². The summed E-state index contributed by atoms with van der Waals surface area (Å²) in [6.07, 6.45) is 5.84. The first-order valence-electron chi connectivity index (χ1n) is 10.8. The third-order valence-electron chi connectivity index (χ3n) is 5.87. The highest BCUT2D eigenvalue weighted by Gasteiger charge is 2.30. The fourth-order valence-corrected chi connectivity index (χ4v) is 4.14. The van der Waals surface area contributed by atoms with Gasteiger partial charge < -0.3 is 19.9 Å². The van der Waals surface area contributed by atoms with Crippen LogP contribution in [0.2, 0.25) is 0 Å². The van der Waals surface area contributed by atoms with Crippen molar-refractivity contribution in [3.8, 4) is 11.6 Å². The Balaban J connectivity index is 1.29. The van der Waals surface area contributed by atoms with Gasteiger partial charge in [0, 0.05) is 56.5 Å². The molecule has 2 aromatic rings. The van der Waals surface area contributed by atoms with E-state index in [-0.39, 0.29) is 24.4 Å². The first kappa shape index (κ1) is 21.1. The van der Waals surface area contributed by atoms with Gasteiger partial charge in [-0.15, -0.1) is 0 Å². The van der Waals surface area contributed by atoms with Crippen molar-refractivity contribution in [2.75, 3.05) is 26.2 Å². The summed E-state index contributed by atoms with van der Waals surface area (Å²) in [5.74, 6) is 0.679. The van der Waals surface area contributed by atoms with Gasteiger partial charge in [0.05, 0.1) is 0 Å². The van der Waals surface area contributed by atoms with Crippen molar-refractivity contribution in [1.29, 1.82) is 0 Å². The highest BCUT2D eigenvalue weighted by atomic mass is 19.1. The number of nitrogens with one attached hydrogen (secondary N) is 1. The average Bonchev–Trinajstić information content (AvgIpc) is 3.33. The number of carbonyl (C=O) groups excluding carboxylic acids is 2. The molecule has 0 radical (unpaired) electrons. The number of carbonyl (C=O) groups is 2. The van der Waals surface area contributed by atoms with E-state index in [1.807, 2.05) is 4.90 Å². The topological polar surface area (TPSA) is 74.8 Å². The van der Waals surface area contributed by atoms with Crippen molar-refractivity contribution < 1.29 is 18.7 Å². The summed E-state index contributed by atoms with van der Waals surface area (Å²) in [7, 11) is 0. The molecule has 164 valence electrons. The number of hydrogen-bond donors (Lipinski definition) is 1. The molecule has 4 rings (SSSR count). The van der Waals surface area contributed by atoms with Crippen LogP contribution in [-0.2, 0) is 11.3 Å². The van der Waals surface area contributed by atoms with Crippen LogP contribution in [0.3, 0.4) is 0 Å². The zero-order valence-corrected chi connectivity index (χ0v) is 17.4. The fraction of sp³-hybridized carbons (Fsp3) is 0.435. The van der Waals surface area contributed by atoms with Crippen LogP contribution < -0.4 is 10.1 Å². The number of urea groups is 1. The minimum Gasteiger partial charge on any atom is -0.439 e. The third kappa shape index (κ3) is 5.31. The Labute approximate surface area is 181 Å². The molecule has 7 nitrogen and oxygen atoms in total. The first-order chi connectivity index (χ1) is 15.1. The molecule has 0 atom stereocenters. The zero-order valence-electron chi connectivity index (χ0n) is 17.4. The van der Waals surface area contributed by atoms with Gasteiger partial charge in [-0.25, -0.2) is 14.2 Å². The van der Waals surface area contributed by atoms with E-state index in [1.54, 1.807) is 35.4 Å². The molecule has 3 amide bonds. The second-order valence-corrected chi connectivity index (χ2v) is 7.98. The molecular weight excluding hydrogens is 399 g/mol. The van der Waals surface area contributed by atoms with Crippen LogP contribution in [0.4, 0.5) is 9.18 Å². The van der Waals surface area contributed by atoms with E-state index >= 15 is 0 Å². The normalized spacial score (nSPS) is 16.9. The minimum atomic E-state index is -0.395. The smallest absolute Gasteiger partial charge is 0.317 e. The molecule has 2 fully saturated rings. The summed E-state index contributed by atoms with van der Waals surface area (Å²) < 4.78 is 19.1. The van der Waals surface area contributed by atoms with E-state index in [1.165, 1.54) is 12.1 Å². The summed E-state index contributed by atoms with van der Waals surface area (Å²) in [5.41, 5.74) is 0.690. The number of nitrogens with zero attached hydrogens (tertiary/aromatic N) is 3. The lowest BCUT2D eigenvalue weighted by Crippen LogP contribution is -2.53. The maximum Gasteiger partial charge on any atom is 0.317 e. The summed E-state index contributed by atoms with van der Waals surface area (Å²) in [4.78, 5) is 33.0. The number of amides is 3. The minimum absolute atomic E-state index is 0.169. The fourth-order valence-electron chi connectivity index (χ4n) is 4.14. The van der Waals surface area contributed by atoms with Gasteiger partial charge in [-0.2, -0.15) is 0 Å². The zero-order chi connectivity index (χ0) is 21.6. The quantitative estimate of drug-likeness (QED) is 0.793. The standard InChI is InChI=1S/C23H27FN4O3/c24-19-8-3-9-20(15-19)31-21-18(7-4-10-25-21)16-26-23(30)28-13-11-27(12-14-28)22(29)17-5-1-2-6-17/h3-4,7-10,15,17H,1-2,5-6,11-14,16H2,(H,26,30). The van der Waals surface area contributed by atoms with E-state index in [0.717, 1.165) is 25.7 Å². The van der Waals surface area contributed by atoms with Crippen LogP contribution in [0.1, 0.15) is 31.2 Å². The van der Waals surface area contributed by atoms with Crippen molar-refractivity contribution in [1.82, 2.24) is 20.1 Å². The van der Waals surface area contributed by atoms with Gasteiger partial charge >= 0.3 is 6.03 Å². The number of rotatable bonds is 5. The molecule has 8 heteroatoms. The van der Waals surface area contributed by atoms with E-state index in [0.29, 0.717) is 43.4 Å². The molecule has 1 saturated heterocycles. The van der Waals surface area contributed by atoms with Crippen LogP contribution in [0.5, 0.6) is 11.6 Å². The molecule has 1 aliphatic carbocycles. The highest BCUT2D eigenvalue weighted by molar-refractivity contribution is 5.80. The number of halogens is 1. The Morgan fingerprint density at radius 3 is 2.55 bits per heavy atom. The lowest BCUT2D eigenvalue weighted by atomic mass is 10.1. The van der Waals surface area contributed by atoms with E-state index in [4.69, 9.17) is 4.74 Å². The highest BCUT2D eigenvalue weighted by Crippen LogP contribution is 2.27. The van der Waals surface area contributed by atoms with Crippen molar-refractivity contribution in [2.24, 2.45) is 5.92 Å². The van der Waals surface area contributed by atoms with E-state index < -0.39 is 5.82 Å². The van der Waals surface area contributed by atoms with Gasteiger partial charge in [0.15, 0.2) is 0 Å². The summed E-state index contributed by atoms with van der Waals surface area (Å²) >= 11 is 0. The Morgan fingerprint density at radius 1 is 1.06 bits per heavy atom. The summed E-state index contributed by atoms with van der Waals surface area (Å²) in [6.45, 7) is 2.42. The van der Waals surface area contributed by atoms with E-state index in [2.05, 4.69) is 10.3 Å². The monoisotopic (exact) mass is 426 g/mol. The molecule has 1 aliphatic heterocycles. The van der Waals surface area contributed by atoms with Gasteiger partial charge in [0.25, 0.3) is 0 Å². The predicted octanol–water partition coefficient (Wildman–Crippen LogP) is 3.56. The second-order valence-electron chi connectivity index (χ2n) is 7.98. The molecule has 1 aromatic heterocycles. The molecule has 1 aromatic carbocycles. The number of benzene rings is 1. The lowest BCUT2D eigenvalue weighted by Gasteiger charge is -2.36. The Kier molecular flexibility index (Phi) is 6.64. The number of pyridine rings is 1. The Hall–Kier alpha value is -3.16. The summed E-state index contributed by atoms with van der Waals surface area (Å²) in [5, 5.41) is 2.89. The second kappa shape index (κ2) is 9.76. The van der Waals surface area contributed by atoms with Crippen LogP contribution in [0.25, 0.3) is 0 Å². The number of hydrogen-bond acceptors (Lipinski definition) is 4. The van der Waals surface area contributed by atoms with Crippen LogP contribution in [0.15, 0.2) is 42.6 Å². The van der Waals surface area contributed by atoms with Crippen molar-refractivity contribution in [3.05, 3.63) is 54.0 Å². The third-order valence-corrected chi connectivity index (χ3v) is 5.87. The first-order valence-corrected chi connectivity index (χ1v) is 10.8. The SMILES string of the molecule is O=C(NCc1cccnc1Oc1cccc(F)c1)N1CCN(C(=O)C2CCCC2)CC1. The molecule has 2 aliphatic rings.